The Bertz CT molecular complexity index is 1250. The van der Waals surface area contributed by atoms with Crippen molar-refractivity contribution in [2.45, 2.75) is 25.2 Å². The molecule has 0 N–H and O–H groups in total. The van der Waals surface area contributed by atoms with Crippen molar-refractivity contribution in [2.75, 3.05) is 16.6 Å². The number of amides is 2. The van der Waals surface area contributed by atoms with Crippen molar-refractivity contribution in [3.05, 3.63) is 90.0 Å². The lowest BCUT2D eigenvalue weighted by molar-refractivity contribution is -0.137. The molecule has 0 aromatic heterocycles. The summed E-state index contributed by atoms with van der Waals surface area (Å²) in [5.41, 5.74) is 0.255. The molecule has 180 valence electrons. The lowest BCUT2D eigenvalue weighted by Crippen LogP contribution is -2.37. The van der Waals surface area contributed by atoms with Crippen LogP contribution in [-0.2, 0) is 20.6 Å². The molecule has 2 fully saturated rings. The summed E-state index contributed by atoms with van der Waals surface area (Å²) in [4.78, 5) is 33.9. The number of alkyl halides is 3. The second-order valence-corrected chi connectivity index (χ2v) is 8.22. The smallest absolute Gasteiger partial charge is 0.416 e. The van der Waals surface area contributed by atoms with Gasteiger partial charge in [-0.3, -0.25) is 14.4 Å². The van der Waals surface area contributed by atoms with Gasteiger partial charge in [-0.15, -0.1) is 0 Å². The molecule has 2 amide bonds. The Morgan fingerprint density at radius 1 is 0.886 bits per heavy atom. The predicted octanol–water partition coefficient (Wildman–Crippen LogP) is 5.16. The average Bonchev–Trinajstić information content (AvgIpc) is 3.36. The molecule has 2 saturated heterocycles. The monoisotopic (exact) mass is 482 g/mol. The maximum absolute atomic E-state index is 13.6. The van der Waals surface area contributed by atoms with E-state index in [4.69, 9.17) is 9.57 Å². The molecule has 0 saturated carbocycles. The number of imide groups is 1. The molecular formula is C26H21F3N2O4. The first-order valence-corrected chi connectivity index (χ1v) is 11.1. The fraction of sp³-hybridized carbons (Fsp3) is 0.231. The SMILES string of the molecule is CCOc1ccc(N2C(=O)[C@H]3[C@@H](ON(c4ccccc4)[C@H]3c3cccc(C(F)(F)F)c3)C2=O)cc1. The quantitative estimate of drug-likeness (QED) is 0.471. The number of nitrogens with zero attached hydrogens (tertiary/aromatic N) is 2. The molecule has 5 rings (SSSR count). The van der Waals surface area contributed by atoms with E-state index in [0.717, 1.165) is 17.0 Å². The van der Waals surface area contributed by atoms with Gasteiger partial charge in [0.1, 0.15) is 11.7 Å². The summed E-state index contributed by atoms with van der Waals surface area (Å²) in [5, 5.41) is 1.37. The molecule has 2 aliphatic heterocycles. The summed E-state index contributed by atoms with van der Waals surface area (Å²) in [5.74, 6) is -1.55. The Balaban J connectivity index is 1.56. The van der Waals surface area contributed by atoms with Crippen LogP contribution in [0.15, 0.2) is 78.9 Å². The largest absolute Gasteiger partial charge is 0.494 e. The summed E-state index contributed by atoms with van der Waals surface area (Å²) in [6.45, 7) is 2.30. The number of hydrogen-bond acceptors (Lipinski definition) is 5. The number of para-hydroxylation sites is 1. The van der Waals surface area contributed by atoms with Gasteiger partial charge in [0.2, 0.25) is 5.91 Å². The number of fused-ring (bicyclic) bond motifs is 1. The van der Waals surface area contributed by atoms with E-state index < -0.39 is 41.6 Å². The Kier molecular flexibility index (Phi) is 5.72. The number of hydrogen-bond donors (Lipinski definition) is 0. The zero-order valence-electron chi connectivity index (χ0n) is 18.6. The summed E-state index contributed by atoms with van der Waals surface area (Å²) >= 11 is 0. The normalized spacial score (nSPS) is 22.0. The van der Waals surface area contributed by atoms with E-state index in [-0.39, 0.29) is 5.56 Å². The first-order valence-electron chi connectivity index (χ1n) is 11.1. The van der Waals surface area contributed by atoms with Crippen LogP contribution in [0.25, 0.3) is 0 Å². The maximum Gasteiger partial charge on any atom is 0.416 e. The van der Waals surface area contributed by atoms with Gasteiger partial charge in [0.15, 0.2) is 6.10 Å². The highest BCUT2D eigenvalue weighted by atomic mass is 19.4. The second-order valence-electron chi connectivity index (χ2n) is 8.22. The topological polar surface area (TPSA) is 59.1 Å². The maximum atomic E-state index is 13.6. The van der Waals surface area contributed by atoms with Crippen LogP contribution >= 0.6 is 0 Å². The lowest BCUT2D eigenvalue weighted by atomic mass is 9.89. The van der Waals surface area contributed by atoms with Crippen LogP contribution < -0.4 is 14.7 Å². The predicted molar refractivity (Wildman–Crippen MR) is 122 cm³/mol. The van der Waals surface area contributed by atoms with Crippen molar-refractivity contribution in [3.63, 3.8) is 0 Å². The Hall–Kier alpha value is -3.85. The van der Waals surface area contributed by atoms with E-state index in [1.807, 2.05) is 6.92 Å². The Labute approximate surface area is 199 Å². The number of hydroxylamine groups is 1. The number of rotatable bonds is 5. The van der Waals surface area contributed by atoms with Gasteiger partial charge in [-0.2, -0.15) is 13.2 Å². The number of benzene rings is 3. The minimum atomic E-state index is -4.56. The number of anilines is 2. The van der Waals surface area contributed by atoms with Crippen molar-refractivity contribution in [3.8, 4) is 5.75 Å². The summed E-state index contributed by atoms with van der Waals surface area (Å²) in [7, 11) is 0. The summed E-state index contributed by atoms with van der Waals surface area (Å²) < 4.78 is 45.8. The van der Waals surface area contributed by atoms with Crippen LogP contribution in [0, 0.1) is 5.92 Å². The van der Waals surface area contributed by atoms with Crippen molar-refractivity contribution >= 4 is 23.2 Å². The number of ether oxygens (including phenoxy) is 1. The van der Waals surface area contributed by atoms with Crippen molar-refractivity contribution in [1.29, 1.82) is 0 Å². The van der Waals surface area contributed by atoms with Crippen LogP contribution in [0.3, 0.4) is 0 Å². The fourth-order valence-corrected chi connectivity index (χ4v) is 4.56. The van der Waals surface area contributed by atoms with Crippen LogP contribution in [0.4, 0.5) is 24.5 Å². The minimum absolute atomic E-state index is 0.228. The van der Waals surface area contributed by atoms with Crippen molar-refractivity contribution < 1.29 is 32.3 Å². The van der Waals surface area contributed by atoms with Gasteiger partial charge in [0, 0.05) is 0 Å². The Morgan fingerprint density at radius 3 is 2.26 bits per heavy atom. The number of carbonyl (C=O) groups is 2. The highest BCUT2D eigenvalue weighted by Gasteiger charge is 2.60. The molecule has 0 unspecified atom stereocenters. The fourth-order valence-electron chi connectivity index (χ4n) is 4.56. The van der Waals surface area contributed by atoms with Crippen LogP contribution in [-0.4, -0.2) is 24.5 Å². The first kappa shape index (κ1) is 22.9. The van der Waals surface area contributed by atoms with Crippen molar-refractivity contribution in [1.82, 2.24) is 0 Å². The highest BCUT2D eigenvalue weighted by Crippen LogP contribution is 2.48. The minimum Gasteiger partial charge on any atom is -0.494 e. The number of halogens is 3. The van der Waals surface area contributed by atoms with E-state index in [9.17, 15) is 22.8 Å². The molecule has 3 aromatic rings. The highest BCUT2D eigenvalue weighted by molar-refractivity contribution is 6.23. The van der Waals surface area contributed by atoms with Gasteiger partial charge in [0.05, 0.1) is 29.6 Å². The van der Waals surface area contributed by atoms with Crippen LogP contribution in [0.1, 0.15) is 24.1 Å². The molecule has 3 atom stereocenters. The second kappa shape index (κ2) is 8.74. The van der Waals surface area contributed by atoms with Crippen molar-refractivity contribution in [2.24, 2.45) is 5.92 Å². The molecule has 2 aliphatic rings. The van der Waals surface area contributed by atoms with Crippen LogP contribution in [0.5, 0.6) is 5.75 Å². The molecule has 2 heterocycles. The van der Waals surface area contributed by atoms with Gasteiger partial charge < -0.3 is 4.74 Å². The summed E-state index contributed by atoms with van der Waals surface area (Å²) in [6.07, 6.45) is -5.73. The third-order valence-electron chi connectivity index (χ3n) is 6.09. The van der Waals surface area contributed by atoms with Gasteiger partial charge in [-0.05, 0) is 61.0 Å². The molecule has 3 aromatic carbocycles. The third-order valence-corrected chi connectivity index (χ3v) is 6.09. The van der Waals surface area contributed by atoms with E-state index in [1.165, 1.54) is 17.2 Å². The summed E-state index contributed by atoms with van der Waals surface area (Å²) in [6, 6.07) is 19.0. The number of carbonyl (C=O) groups excluding carboxylic acids is 2. The van der Waals surface area contributed by atoms with E-state index >= 15 is 0 Å². The molecular weight excluding hydrogens is 461 g/mol. The molecule has 0 bridgehead atoms. The van der Waals surface area contributed by atoms with Gasteiger partial charge in [-0.25, -0.2) is 9.96 Å². The third kappa shape index (κ3) is 4.01. The molecule has 9 heteroatoms. The zero-order chi connectivity index (χ0) is 24.7. The van der Waals surface area contributed by atoms with Gasteiger partial charge in [-0.1, -0.05) is 30.3 Å². The molecule has 6 nitrogen and oxygen atoms in total. The molecule has 35 heavy (non-hydrogen) atoms. The standard InChI is InChI=1S/C26H21F3N2O4/c1-2-34-20-13-11-18(12-14-20)30-24(32)21-22(16-7-6-8-17(15-16)26(27,28)29)31(35-23(21)25(30)33)19-9-4-3-5-10-19/h3-15,21-23H,2H2,1H3/t21-,22+,23-/m1/s1. The average molecular weight is 482 g/mol. The molecule has 0 aliphatic carbocycles. The zero-order valence-corrected chi connectivity index (χ0v) is 18.6. The first-order chi connectivity index (χ1) is 16.8. The van der Waals surface area contributed by atoms with E-state index in [1.54, 1.807) is 54.6 Å². The van der Waals surface area contributed by atoms with Gasteiger partial charge >= 0.3 is 6.18 Å². The van der Waals surface area contributed by atoms with E-state index in [2.05, 4.69) is 0 Å². The molecule has 0 radical (unpaired) electrons. The lowest BCUT2D eigenvalue weighted by Gasteiger charge is -2.29. The van der Waals surface area contributed by atoms with Gasteiger partial charge in [0.25, 0.3) is 5.91 Å². The van der Waals surface area contributed by atoms with Crippen LogP contribution in [0.2, 0.25) is 0 Å². The molecule has 0 spiro atoms. The van der Waals surface area contributed by atoms with E-state index in [0.29, 0.717) is 23.7 Å². The Morgan fingerprint density at radius 2 is 1.60 bits per heavy atom.